The number of hydrogen-bond acceptors (Lipinski definition) is 2. The van der Waals surface area contributed by atoms with Crippen molar-refractivity contribution >= 4 is 29.3 Å². The van der Waals surface area contributed by atoms with Crippen molar-refractivity contribution in [2.75, 3.05) is 6.54 Å². The second-order valence-electron chi connectivity index (χ2n) is 4.61. The molecule has 0 aromatic heterocycles. The van der Waals surface area contributed by atoms with Gasteiger partial charge in [-0.25, -0.2) is 0 Å². The zero-order chi connectivity index (χ0) is 13.5. The first-order valence-electron chi connectivity index (χ1n) is 6.22. The van der Waals surface area contributed by atoms with Crippen molar-refractivity contribution in [3.63, 3.8) is 0 Å². The fourth-order valence-corrected chi connectivity index (χ4v) is 2.52. The molecule has 1 atom stereocenters. The molecule has 0 aliphatic rings. The Hall–Kier alpha value is -0.670. The molecule has 0 aliphatic carbocycles. The smallest absolute Gasteiger partial charge is 0.233 e. The quantitative estimate of drug-likeness (QED) is 0.801. The first-order valence-corrected chi connectivity index (χ1v) is 7.48. The van der Waals surface area contributed by atoms with Gasteiger partial charge in [0.25, 0.3) is 0 Å². The third-order valence-corrected chi connectivity index (χ3v) is 4.07. The molecule has 1 aromatic carbocycles. The molecule has 1 rings (SSSR count). The maximum Gasteiger partial charge on any atom is 0.233 e. The van der Waals surface area contributed by atoms with Crippen LogP contribution in [-0.4, -0.2) is 17.7 Å². The maximum absolute atomic E-state index is 12.0. The largest absolute Gasteiger partial charge is 0.355 e. The van der Waals surface area contributed by atoms with Crippen molar-refractivity contribution in [3.8, 4) is 0 Å². The zero-order valence-electron chi connectivity index (χ0n) is 11.1. The van der Waals surface area contributed by atoms with Crippen molar-refractivity contribution in [3.05, 3.63) is 29.3 Å². The SMILES string of the molecule is CC[C@H](Sc1ccc(Cl)cc1)C(=O)NCC(C)C. The average molecular weight is 286 g/mol. The minimum Gasteiger partial charge on any atom is -0.355 e. The summed E-state index contributed by atoms with van der Waals surface area (Å²) < 4.78 is 0. The van der Waals surface area contributed by atoms with E-state index in [-0.39, 0.29) is 11.2 Å². The molecule has 18 heavy (non-hydrogen) atoms. The molecule has 2 nitrogen and oxygen atoms in total. The number of carbonyl (C=O) groups excluding carboxylic acids is 1. The Morgan fingerprint density at radius 2 is 1.94 bits per heavy atom. The molecular weight excluding hydrogens is 266 g/mol. The summed E-state index contributed by atoms with van der Waals surface area (Å²) in [7, 11) is 0. The molecule has 0 fully saturated rings. The zero-order valence-corrected chi connectivity index (χ0v) is 12.6. The van der Waals surface area contributed by atoms with E-state index in [4.69, 9.17) is 11.6 Å². The van der Waals surface area contributed by atoms with E-state index in [0.29, 0.717) is 5.92 Å². The van der Waals surface area contributed by atoms with Gasteiger partial charge in [-0.3, -0.25) is 4.79 Å². The van der Waals surface area contributed by atoms with Crippen molar-refractivity contribution in [1.82, 2.24) is 5.32 Å². The molecule has 100 valence electrons. The minimum absolute atomic E-state index is 0.0371. The monoisotopic (exact) mass is 285 g/mol. The van der Waals surface area contributed by atoms with Crippen LogP contribution in [0.1, 0.15) is 27.2 Å². The summed E-state index contributed by atoms with van der Waals surface area (Å²) in [6.45, 7) is 6.94. The Morgan fingerprint density at radius 1 is 1.33 bits per heavy atom. The molecule has 0 saturated heterocycles. The van der Waals surface area contributed by atoms with Gasteiger partial charge in [0.1, 0.15) is 0 Å². The number of thioether (sulfide) groups is 1. The summed E-state index contributed by atoms with van der Waals surface area (Å²) in [4.78, 5) is 13.1. The van der Waals surface area contributed by atoms with Gasteiger partial charge in [-0.1, -0.05) is 32.4 Å². The summed E-state index contributed by atoms with van der Waals surface area (Å²) in [6, 6.07) is 7.60. The molecule has 1 aromatic rings. The van der Waals surface area contributed by atoms with Gasteiger partial charge in [0.2, 0.25) is 5.91 Å². The second-order valence-corrected chi connectivity index (χ2v) is 6.32. The molecule has 0 aliphatic heterocycles. The molecule has 0 unspecified atom stereocenters. The van der Waals surface area contributed by atoms with Crippen LogP contribution in [0.25, 0.3) is 0 Å². The number of nitrogens with one attached hydrogen (secondary N) is 1. The van der Waals surface area contributed by atoms with Crippen LogP contribution in [0.5, 0.6) is 0 Å². The fraction of sp³-hybridized carbons (Fsp3) is 0.500. The summed E-state index contributed by atoms with van der Waals surface area (Å²) in [5, 5.41) is 3.66. The lowest BCUT2D eigenvalue weighted by molar-refractivity contribution is -0.120. The van der Waals surface area contributed by atoms with Gasteiger partial charge < -0.3 is 5.32 Å². The predicted octanol–water partition coefficient (Wildman–Crippen LogP) is 3.98. The second kappa shape index (κ2) is 7.70. The average Bonchev–Trinajstić information content (AvgIpc) is 2.35. The van der Waals surface area contributed by atoms with Gasteiger partial charge in [0, 0.05) is 16.5 Å². The van der Waals surface area contributed by atoms with Gasteiger partial charge in [0.05, 0.1) is 5.25 Å². The Balaban J connectivity index is 2.55. The van der Waals surface area contributed by atoms with Crippen LogP contribution in [0.2, 0.25) is 5.02 Å². The highest BCUT2D eigenvalue weighted by Gasteiger charge is 2.17. The van der Waals surface area contributed by atoms with Crippen LogP contribution in [0.15, 0.2) is 29.2 Å². The summed E-state index contributed by atoms with van der Waals surface area (Å²) in [5.41, 5.74) is 0. The van der Waals surface area contributed by atoms with Gasteiger partial charge in [-0.05, 0) is 36.6 Å². The molecular formula is C14H20ClNOS. The number of rotatable bonds is 6. The van der Waals surface area contributed by atoms with Crippen molar-refractivity contribution in [2.45, 2.75) is 37.3 Å². The number of hydrogen-bond donors (Lipinski definition) is 1. The van der Waals surface area contributed by atoms with E-state index >= 15 is 0 Å². The third-order valence-electron chi connectivity index (χ3n) is 2.44. The van der Waals surface area contributed by atoms with Crippen LogP contribution in [0.4, 0.5) is 0 Å². The minimum atomic E-state index is -0.0371. The summed E-state index contributed by atoms with van der Waals surface area (Å²) in [6.07, 6.45) is 0.817. The Morgan fingerprint density at radius 3 is 2.44 bits per heavy atom. The number of halogens is 1. The van der Waals surface area contributed by atoms with Gasteiger partial charge in [-0.2, -0.15) is 0 Å². The van der Waals surface area contributed by atoms with Crippen LogP contribution in [0, 0.1) is 5.92 Å². The Labute approximate surface area is 118 Å². The van der Waals surface area contributed by atoms with Crippen LogP contribution >= 0.6 is 23.4 Å². The lowest BCUT2D eigenvalue weighted by Crippen LogP contribution is -2.34. The number of benzene rings is 1. The van der Waals surface area contributed by atoms with Gasteiger partial charge >= 0.3 is 0 Å². The first kappa shape index (κ1) is 15.4. The third kappa shape index (κ3) is 5.32. The standard InChI is InChI=1S/C14H20ClNOS/c1-4-13(14(17)16-9-10(2)3)18-12-7-5-11(15)6-8-12/h5-8,10,13H,4,9H2,1-3H3,(H,16,17)/t13-/m0/s1. The van der Waals surface area contributed by atoms with E-state index in [0.717, 1.165) is 22.9 Å². The summed E-state index contributed by atoms with van der Waals surface area (Å²) in [5.74, 6) is 0.595. The maximum atomic E-state index is 12.0. The lowest BCUT2D eigenvalue weighted by atomic mass is 10.2. The molecule has 0 spiro atoms. The first-order chi connectivity index (χ1) is 8.52. The molecule has 1 N–H and O–H groups in total. The van der Waals surface area contributed by atoms with Crippen molar-refractivity contribution < 1.29 is 4.79 Å². The molecule has 0 heterocycles. The van der Waals surface area contributed by atoms with Crippen molar-refractivity contribution in [2.24, 2.45) is 5.92 Å². The highest BCUT2D eigenvalue weighted by molar-refractivity contribution is 8.00. The van der Waals surface area contributed by atoms with E-state index < -0.39 is 0 Å². The van der Waals surface area contributed by atoms with Gasteiger partial charge in [-0.15, -0.1) is 11.8 Å². The van der Waals surface area contributed by atoms with E-state index in [1.165, 1.54) is 0 Å². The molecule has 0 radical (unpaired) electrons. The predicted molar refractivity (Wildman–Crippen MR) is 79.2 cm³/mol. The molecule has 1 amide bonds. The van der Waals surface area contributed by atoms with E-state index in [1.54, 1.807) is 11.8 Å². The van der Waals surface area contributed by atoms with Crippen LogP contribution < -0.4 is 5.32 Å². The van der Waals surface area contributed by atoms with E-state index in [9.17, 15) is 4.79 Å². The molecule has 0 bridgehead atoms. The van der Waals surface area contributed by atoms with Gasteiger partial charge in [0.15, 0.2) is 0 Å². The number of carbonyl (C=O) groups is 1. The molecule has 4 heteroatoms. The summed E-state index contributed by atoms with van der Waals surface area (Å²) >= 11 is 7.43. The fourth-order valence-electron chi connectivity index (χ4n) is 1.42. The topological polar surface area (TPSA) is 29.1 Å². The molecule has 0 saturated carbocycles. The highest BCUT2D eigenvalue weighted by Crippen LogP contribution is 2.26. The van der Waals surface area contributed by atoms with Crippen LogP contribution in [0.3, 0.4) is 0 Å². The normalized spacial score (nSPS) is 12.5. The van der Waals surface area contributed by atoms with Crippen LogP contribution in [-0.2, 0) is 4.79 Å². The highest BCUT2D eigenvalue weighted by atomic mass is 35.5. The Bertz CT molecular complexity index is 378. The van der Waals surface area contributed by atoms with E-state index in [1.807, 2.05) is 31.2 Å². The lowest BCUT2D eigenvalue weighted by Gasteiger charge is -2.15. The van der Waals surface area contributed by atoms with Crippen molar-refractivity contribution in [1.29, 1.82) is 0 Å². The van der Waals surface area contributed by atoms with E-state index in [2.05, 4.69) is 19.2 Å². The Kier molecular flexibility index (Phi) is 6.58. The number of amides is 1.